The van der Waals surface area contributed by atoms with Gasteiger partial charge in [-0.15, -0.1) is 0 Å². The number of aryl methyl sites for hydroxylation is 1. The zero-order chi connectivity index (χ0) is 8.43. The summed E-state index contributed by atoms with van der Waals surface area (Å²) in [6.45, 7) is 1.71. The minimum absolute atomic E-state index is 0.0880. The van der Waals surface area contributed by atoms with Gasteiger partial charge in [0, 0.05) is 0 Å². The van der Waals surface area contributed by atoms with Crippen molar-refractivity contribution in [2.45, 2.75) is 6.92 Å². The Labute approximate surface area is 72.4 Å². The molecule has 3 heteroatoms. The van der Waals surface area contributed by atoms with Crippen LogP contribution in [0.25, 0.3) is 0 Å². The molecule has 0 saturated heterocycles. The molecule has 0 saturated carbocycles. The molecule has 0 fully saturated rings. The maximum atomic E-state index is 12.5. The summed E-state index contributed by atoms with van der Waals surface area (Å²) in [6.07, 6.45) is 0. The van der Waals surface area contributed by atoms with Crippen molar-refractivity contribution in [3.8, 4) is 0 Å². The van der Waals surface area contributed by atoms with Gasteiger partial charge in [0.2, 0.25) is 0 Å². The summed E-state index contributed by atoms with van der Waals surface area (Å²) in [6, 6.07) is 4.12. The van der Waals surface area contributed by atoms with Crippen LogP contribution in [0, 0.1) is 12.7 Å². The van der Waals surface area contributed by atoms with Crippen LogP contribution in [0.5, 0.6) is 0 Å². The molecular weight excluding hydrogens is 210 g/mol. The van der Waals surface area contributed by atoms with Crippen molar-refractivity contribution in [3.05, 3.63) is 35.1 Å². The summed E-state index contributed by atoms with van der Waals surface area (Å²) in [5.74, 6) is -0.306. The van der Waals surface area contributed by atoms with E-state index in [9.17, 15) is 9.18 Å². The predicted octanol–water partition coefficient (Wildman–Crippen LogP) is 1.18. The van der Waals surface area contributed by atoms with Gasteiger partial charge in [0.25, 0.3) is 0 Å². The van der Waals surface area contributed by atoms with Crippen LogP contribution in [0.2, 0.25) is 0 Å². The summed E-state index contributed by atoms with van der Waals surface area (Å²) in [7, 11) is 0. The predicted molar refractivity (Wildman–Crippen MR) is 42.6 cm³/mol. The van der Waals surface area contributed by atoms with Crippen LogP contribution in [0.15, 0.2) is 18.2 Å². The Bertz CT molecular complexity index is 296. The second kappa shape index (κ2) is 3.16. The van der Waals surface area contributed by atoms with E-state index in [0.717, 1.165) is 0 Å². The first-order valence-corrected chi connectivity index (χ1v) is 4.04. The molecule has 1 aromatic rings. The molecule has 0 aliphatic carbocycles. The summed E-state index contributed by atoms with van der Waals surface area (Å²) >= 11 is 1.91. The van der Waals surface area contributed by atoms with Crippen LogP contribution in [-0.2, 0) is 0 Å². The van der Waals surface area contributed by atoms with Crippen LogP contribution >= 0.6 is 0 Å². The van der Waals surface area contributed by atoms with E-state index < -0.39 is 0 Å². The van der Waals surface area contributed by atoms with Gasteiger partial charge >= 0.3 is 71.9 Å². The Morgan fingerprint density at radius 1 is 1.55 bits per heavy atom. The molecule has 1 nitrogen and oxygen atoms in total. The molecule has 11 heavy (non-hydrogen) atoms. The molecular formula is C8H7FOSe. The zero-order valence-corrected chi connectivity index (χ0v) is 7.84. The van der Waals surface area contributed by atoms with Crippen molar-refractivity contribution in [2.75, 3.05) is 0 Å². The monoisotopic (exact) mass is 218 g/mol. The van der Waals surface area contributed by atoms with Crippen molar-refractivity contribution in [1.82, 2.24) is 0 Å². The van der Waals surface area contributed by atoms with Gasteiger partial charge in [-0.25, -0.2) is 0 Å². The van der Waals surface area contributed by atoms with Crippen molar-refractivity contribution in [2.24, 2.45) is 0 Å². The Balaban J connectivity index is 3.20. The number of benzene rings is 1. The van der Waals surface area contributed by atoms with Crippen molar-refractivity contribution >= 4 is 20.7 Å². The molecule has 0 bridgehead atoms. The Kier molecular flexibility index (Phi) is 2.42. The van der Waals surface area contributed by atoms with Crippen LogP contribution in [0.4, 0.5) is 4.39 Å². The Morgan fingerprint density at radius 2 is 2.18 bits per heavy atom. The van der Waals surface area contributed by atoms with Gasteiger partial charge in [0.05, 0.1) is 0 Å². The molecule has 0 radical (unpaired) electrons. The molecule has 1 rings (SSSR count). The van der Waals surface area contributed by atoms with Crippen LogP contribution in [0.3, 0.4) is 0 Å². The molecule has 0 atom stereocenters. The summed E-state index contributed by atoms with van der Waals surface area (Å²) in [5, 5.41) is 0. The standard InChI is InChI=1S/C8H7FOSe/c1-5-4-6(9)2-3-7(5)8(10)11/h2-4H,1H3,(H,10,11). The quantitative estimate of drug-likeness (QED) is 0.645. The van der Waals surface area contributed by atoms with E-state index in [-0.39, 0.29) is 10.5 Å². The third-order valence-corrected chi connectivity index (χ3v) is 1.92. The molecule has 0 aromatic heterocycles. The molecule has 0 aliphatic heterocycles. The normalized spacial score (nSPS) is 9.73. The van der Waals surface area contributed by atoms with Crippen LogP contribution in [0.1, 0.15) is 15.9 Å². The van der Waals surface area contributed by atoms with Gasteiger partial charge in [0.1, 0.15) is 0 Å². The summed E-state index contributed by atoms with van der Waals surface area (Å²) < 4.78 is 12.4. The average molecular weight is 217 g/mol. The maximum absolute atomic E-state index is 12.5. The van der Waals surface area contributed by atoms with Crippen molar-refractivity contribution in [1.29, 1.82) is 0 Å². The summed E-state index contributed by atoms with van der Waals surface area (Å²) in [5.41, 5.74) is 1.24. The molecule has 0 unspecified atom stereocenters. The number of carbonyl (C=O) groups excluding carboxylic acids is 1. The molecule has 0 spiro atoms. The van der Waals surface area contributed by atoms with E-state index in [1.807, 2.05) is 16.0 Å². The van der Waals surface area contributed by atoms with Crippen molar-refractivity contribution < 1.29 is 9.18 Å². The van der Waals surface area contributed by atoms with Gasteiger partial charge in [-0.1, -0.05) is 0 Å². The fourth-order valence-corrected chi connectivity index (χ4v) is 1.39. The van der Waals surface area contributed by atoms with E-state index in [2.05, 4.69) is 0 Å². The molecule has 0 aliphatic rings. The van der Waals surface area contributed by atoms with E-state index >= 15 is 0 Å². The first-order chi connectivity index (χ1) is 5.11. The van der Waals surface area contributed by atoms with Gasteiger partial charge < -0.3 is 0 Å². The molecule has 0 heterocycles. The van der Waals surface area contributed by atoms with E-state index in [0.29, 0.717) is 11.1 Å². The third kappa shape index (κ3) is 1.88. The first kappa shape index (κ1) is 8.44. The van der Waals surface area contributed by atoms with Gasteiger partial charge in [-0.05, 0) is 0 Å². The van der Waals surface area contributed by atoms with Gasteiger partial charge in [-0.3, -0.25) is 0 Å². The second-order valence-electron chi connectivity index (χ2n) is 2.26. The molecule has 0 amide bonds. The second-order valence-corrected chi connectivity index (χ2v) is 3.12. The van der Waals surface area contributed by atoms with Crippen molar-refractivity contribution in [3.63, 3.8) is 0 Å². The number of hydrogen-bond acceptors (Lipinski definition) is 1. The molecule has 58 valence electrons. The van der Waals surface area contributed by atoms with Crippen LogP contribution in [-0.4, -0.2) is 20.7 Å². The Morgan fingerprint density at radius 3 is 2.64 bits per heavy atom. The first-order valence-electron chi connectivity index (χ1n) is 3.10. The zero-order valence-electron chi connectivity index (χ0n) is 5.97. The van der Waals surface area contributed by atoms with Crippen LogP contribution < -0.4 is 0 Å². The van der Waals surface area contributed by atoms with E-state index in [1.54, 1.807) is 6.92 Å². The van der Waals surface area contributed by atoms with E-state index in [1.165, 1.54) is 18.2 Å². The van der Waals surface area contributed by atoms with Gasteiger partial charge in [0.15, 0.2) is 0 Å². The summed E-state index contributed by atoms with van der Waals surface area (Å²) in [4.78, 5) is 10.8. The minimum atomic E-state index is -0.306. The topological polar surface area (TPSA) is 17.1 Å². The fourth-order valence-electron chi connectivity index (χ4n) is 0.867. The molecule has 1 aromatic carbocycles. The number of rotatable bonds is 1. The SMILES string of the molecule is Cc1cc(F)ccc1C(=O)[SeH]. The van der Waals surface area contributed by atoms with E-state index in [4.69, 9.17) is 0 Å². The number of carbonyl (C=O) groups is 1. The molecule has 0 N–H and O–H groups in total. The average Bonchev–Trinajstić information content (AvgIpc) is 1.85. The Hall–Kier alpha value is -0.661. The van der Waals surface area contributed by atoms with Gasteiger partial charge in [-0.2, -0.15) is 0 Å². The number of hydrogen-bond donors (Lipinski definition) is 0. The number of halogens is 1. The third-order valence-electron chi connectivity index (χ3n) is 1.42. The fraction of sp³-hybridized carbons (Fsp3) is 0.125.